The van der Waals surface area contributed by atoms with Gasteiger partial charge in [0.15, 0.2) is 16.1 Å². The lowest BCUT2D eigenvalue weighted by molar-refractivity contribution is -0.113. The van der Waals surface area contributed by atoms with E-state index in [0.717, 1.165) is 11.3 Å². The molecular weight excluding hydrogens is 397 g/mol. The number of para-hydroxylation sites is 1. The largest absolute Gasteiger partial charge is 0.301 e. The van der Waals surface area contributed by atoms with E-state index in [2.05, 4.69) is 20.5 Å². The molecule has 0 saturated heterocycles. The van der Waals surface area contributed by atoms with Gasteiger partial charge in [0.1, 0.15) is 5.82 Å². The van der Waals surface area contributed by atoms with Crippen LogP contribution in [0.15, 0.2) is 71.3 Å². The Morgan fingerprint density at radius 2 is 1.89 bits per heavy atom. The fourth-order valence-corrected chi connectivity index (χ4v) is 3.83. The van der Waals surface area contributed by atoms with Crippen molar-refractivity contribution in [1.82, 2.24) is 19.7 Å². The van der Waals surface area contributed by atoms with Gasteiger partial charge in [-0.1, -0.05) is 30.0 Å². The van der Waals surface area contributed by atoms with Crippen molar-refractivity contribution < 1.29 is 9.18 Å². The third kappa shape index (κ3) is 4.10. The fraction of sp³-hybridized carbons (Fsp3) is 0.0526. The molecule has 6 nitrogen and oxygen atoms in total. The summed E-state index contributed by atoms with van der Waals surface area (Å²) in [5, 5.41) is 14.2. The monoisotopic (exact) mass is 411 g/mol. The molecule has 28 heavy (non-hydrogen) atoms. The molecule has 0 aliphatic rings. The number of benzene rings is 2. The van der Waals surface area contributed by atoms with E-state index in [4.69, 9.17) is 0 Å². The topological polar surface area (TPSA) is 72.7 Å². The molecule has 2 aromatic heterocycles. The summed E-state index contributed by atoms with van der Waals surface area (Å²) < 4.78 is 15.2. The summed E-state index contributed by atoms with van der Waals surface area (Å²) in [6.07, 6.45) is 1.63. The molecule has 0 atom stereocenters. The Labute approximate surface area is 168 Å². The highest BCUT2D eigenvalue weighted by Crippen LogP contribution is 2.28. The molecule has 2 aromatic carbocycles. The number of nitrogens with one attached hydrogen (secondary N) is 1. The van der Waals surface area contributed by atoms with E-state index in [1.807, 2.05) is 34.9 Å². The summed E-state index contributed by atoms with van der Waals surface area (Å²) in [7, 11) is 0. The van der Waals surface area contributed by atoms with Crippen molar-refractivity contribution in [1.29, 1.82) is 0 Å². The predicted molar refractivity (Wildman–Crippen MR) is 108 cm³/mol. The van der Waals surface area contributed by atoms with E-state index >= 15 is 0 Å². The standard InChI is InChI=1S/C19H14FN5OS2/c20-14-8-6-13(7-9-14)17-23-24-19(25(17)15-4-2-1-3-5-15)28-12-16(26)22-18-21-10-11-27-18/h1-11H,12H2,(H,21,22,26). The van der Waals surface area contributed by atoms with E-state index in [1.165, 1.54) is 35.2 Å². The van der Waals surface area contributed by atoms with Gasteiger partial charge in [0.05, 0.1) is 5.75 Å². The van der Waals surface area contributed by atoms with Crippen LogP contribution in [0.25, 0.3) is 17.1 Å². The first-order valence-electron chi connectivity index (χ1n) is 8.29. The zero-order valence-electron chi connectivity index (χ0n) is 14.4. The van der Waals surface area contributed by atoms with E-state index in [0.29, 0.717) is 16.1 Å². The van der Waals surface area contributed by atoms with Gasteiger partial charge in [-0.25, -0.2) is 9.37 Å². The molecule has 0 saturated carbocycles. The molecule has 2 heterocycles. The van der Waals surface area contributed by atoms with Gasteiger partial charge in [0, 0.05) is 22.8 Å². The van der Waals surface area contributed by atoms with Crippen LogP contribution in [0.1, 0.15) is 0 Å². The lowest BCUT2D eigenvalue weighted by Crippen LogP contribution is -2.14. The van der Waals surface area contributed by atoms with Crippen LogP contribution in [-0.2, 0) is 4.79 Å². The summed E-state index contributed by atoms with van der Waals surface area (Å²) in [6, 6.07) is 15.7. The van der Waals surface area contributed by atoms with E-state index in [9.17, 15) is 9.18 Å². The van der Waals surface area contributed by atoms with Crippen molar-refractivity contribution in [3.63, 3.8) is 0 Å². The molecule has 0 bridgehead atoms. The maximum Gasteiger partial charge on any atom is 0.236 e. The molecule has 0 radical (unpaired) electrons. The van der Waals surface area contributed by atoms with E-state index in [1.54, 1.807) is 23.7 Å². The van der Waals surface area contributed by atoms with Crippen molar-refractivity contribution in [2.75, 3.05) is 11.1 Å². The Kier molecular flexibility index (Phi) is 5.45. The molecule has 4 aromatic rings. The van der Waals surface area contributed by atoms with Crippen molar-refractivity contribution in [2.45, 2.75) is 5.16 Å². The van der Waals surface area contributed by atoms with Gasteiger partial charge in [-0.2, -0.15) is 0 Å². The summed E-state index contributed by atoms with van der Waals surface area (Å²) in [4.78, 5) is 16.2. The molecule has 0 aliphatic heterocycles. The van der Waals surface area contributed by atoms with Crippen LogP contribution in [0.2, 0.25) is 0 Å². The van der Waals surface area contributed by atoms with Crippen LogP contribution < -0.4 is 5.32 Å². The third-order valence-electron chi connectivity index (χ3n) is 3.76. The fourth-order valence-electron chi connectivity index (χ4n) is 2.53. The van der Waals surface area contributed by atoms with Crippen molar-refractivity contribution in [3.8, 4) is 17.1 Å². The minimum absolute atomic E-state index is 0.161. The molecular formula is C19H14FN5OS2. The number of hydrogen-bond donors (Lipinski definition) is 1. The highest BCUT2D eigenvalue weighted by atomic mass is 32.2. The molecule has 1 N–H and O–H groups in total. The maximum absolute atomic E-state index is 13.3. The lowest BCUT2D eigenvalue weighted by Gasteiger charge is -2.10. The summed E-state index contributed by atoms with van der Waals surface area (Å²) in [5.41, 5.74) is 1.59. The minimum atomic E-state index is -0.317. The second-order valence-corrected chi connectivity index (χ2v) is 7.50. The Hall–Kier alpha value is -3.04. The zero-order chi connectivity index (χ0) is 19.3. The number of anilines is 1. The smallest absolute Gasteiger partial charge is 0.236 e. The quantitative estimate of drug-likeness (QED) is 0.480. The molecule has 0 fully saturated rings. The molecule has 0 spiro atoms. The van der Waals surface area contributed by atoms with Crippen LogP contribution in [0, 0.1) is 5.82 Å². The van der Waals surface area contributed by atoms with Crippen LogP contribution in [0.3, 0.4) is 0 Å². The van der Waals surface area contributed by atoms with Crippen LogP contribution >= 0.6 is 23.1 Å². The normalized spacial score (nSPS) is 10.8. The van der Waals surface area contributed by atoms with Crippen molar-refractivity contribution >= 4 is 34.1 Å². The van der Waals surface area contributed by atoms with Gasteiger partial charge in [-0.05, 0) is 36.4 Å². The third-order valence-corrected chi connectivity index (χ3v) is 5.38. The van der Waals surface area contributed by atoms with Gasteiger partial charge < -0.3 is 5.32 Å². The number of halogens is 1. The first-order chi connectivity index (χ1) is 13.7. The first-order valence-corrected chi connectivity index (χ1v) is 10.2. The van der Waals surface area contributed by atoms with Gasteiger partial charge in [0.2, 0.25) is 5.91 Å². The van der Waals surface area contributed by atoms with Crippen LogP contribution in [0.4, 0.5) is 9.52 Å². The Morgan fingerprint density at radius 3 is 2.61 bits per heavy atom. The average Bonchev–Trinajstić information content (AvgIpc) is 3.37. The number of hydrogen-bond acceptors (Lipinski definition) is 6. The number of carbonyl (C=O) groups is 1. The van der Waals surface area contributed by atoms with Crippen LogP contribution in [0.5, 0.6) is 0 Å². The van der Waals surface area contributed by atoms with Gasteiger partial charge in [0.25, 0.3) is 0 Å². The summed E-state index contributed by atoms with van der Waals surface area (Å²) in [6.45, 7) is 0. The van der Waals surface area contributed by atoms with E-state index in [-0.39, 0.29) is 17.5 Å². The predicted octanol–water partition coefficient (Wildman–Crippen LogP) is 4.26. The zero-order valence-corrected chi connectivity index (χ0v) is 16.1. The van der Waals surface area contributed by atoms with Crippen molar-refractivity contribution in [3.05, 3.63) is 72.0 Å². The Morgan fingerprint density at radius 1 is 1.11 bits per heavy atom. The molecule has 4 rings (SSSR count). The van der Waals surface area contributed by atoms with Crippen LogP contribution in [-0.4, -0.2) is 31.4 Å². The van der Waals surface area contributed by atoms with Crippen molar-refractivity contribution in [2.24, 2.45) is 0 Å². The minimum Gasteiger partial charge on any atom is -0.301 e. The Bertz CT molecular complexity index is 1070. The number of thioether (sulfide) groups is 1. The van der Waals surface area contributed by atoms with Gasteiger partial charge in [-0.15, -0.1) is 21.5 Å². The number of nitrogens with zero attached hydrogens (tertiary/aromatic N) is 4. The lowest BCUT2D eigenvalue weighted by atomic mass is 10.2. The van der Waals surface area contributed by atoms with Gasteiger partial charge in [-0.3, -0.25) is 9.36 Å². The molecule has 1 amide bonds. The summed E-state index contributed by atoms with van der Waals surface area (Å²) in [5.74, 6) is 0.247. The first kappa shape index (κ1) is 18.3. The Balaban J connectivity index is 1.62. The second kappa shape index (κ2) is 8.32. The summed E-state index contributed by atoms with van der Waals surface area (Å²) >= 11 is 2.63. The number of carbonyl (C=O) groups excluding carboxylic acids is 1. The molecule has 9 heteroatoms. The number of thiazole rings is 1. The molecule has 0 aliphatic carbocycles. The highest BCUT2D eigenvalue weighted by molar-refractivity contribution is 7.99. The molecule has 140 valence electrons. The number of aromatic nitrogens is 4. The maximum atomic E-state index is 13.3. The van der Waals surface area contributed by atoms with E-state index < -0.39 is 0 Å². The average molecular weight is 411 g/mol. The number of amides is 1. The highest BCUT2D eigenvalue weighted by Gasteiger charge is 2.17. The SMILES string of the molecule is O=C(CSc1nnc(-c2ccc(F)cc2)n1-c1ccccc1)Nc1nccs1. The second-order valence-electron chi connectivity index (χ2n) is 5.66. The molecule has 0 unspecified atom stereocenters. The van der Waals surface area contributed by atoms with Gasteiger partial charge >= 0.3 is 0 Å². The number of rotatable bonds is 6.